The summed E-state index contributed by atoms with van der Waals surface area (Å²) in [6, 6.07) is 17.0. The number of nitrogens with one attached hydrogen (secondary N) is 1. The summed E-state index contributed by atoms with van der Waals surface area (Å²) < 4.78 is 0. The minimum atomic E-state index is -0.448. The van der Waals surface area contributed by atoms with Crippen molar-refractivity contribution in [3.8, 4) is 0 Å². The Labute approximate surface area is 223 Å². The molecule has 0 aliphatic carbocycles. The summed E-state index contributed by atoms with van der Waals surface area (Å²) >= 11 is 0. The van der Waals surface area contributed by atoms with Gasteiger partial charge in [0.15, 0.2) is 0 Å². The zero-order valence-electron chi connectivity index (χ0n) is 23.9. The Morgan fingerprint density at radius 1 is 0.973 bits per heavy atom. The number of carbonyl (C=O) groups is 1. The lowest BCUT2D eigenvalue weighted by molar-refractivity contribution is -0.133. The lowest BCUT2D eigenvalue weighted by Crippen LogP contribution is -2.45. The highest BCUT2D eigenvalue weighted by atomic mass is 16.3. The fourth-order valence-electron chi connectivity index (χ4n) is 4.70. The van der Waals surface area contributed by atoms with Crippen LogP contribution in [-0.4, -0.2) is 58.1 Å². The van der Waals surface area contributed by atoms with Gasteiger partial charge in [-0.05, 0) is 46.4 Å². The van der Waals surface area contributed by atoms with Crippen LogP contribution < -0.4 is 0 Å². The molecule has 1 heterocycles. The van der Waals surface area contributed by atoms with Gasteiger partial charge >= 0.3 is 0 Å². The van der Waals surface area contributed by atoms with Gasteiger partial charge < -0.3 is 15.0 Å². The van der Waals surface area contributed by atoms with E-state index in [1.54, 1.807) is 0 Å². The molecule has 202 valence electrons. The molecule has 0 fully saturated rings. The number of hydrogen-bond acceptors (Lipinski definition) is 3. The van der Waals surface area contributed by atoms with E-state index in [4.69, 9.17) is 0 Å². The number of aliphatic hydroxyl groups is 1. The fourth-order valence-corrected chi connectivity index (χ4v) is 4.70. The second-order valence-electron chi connectivity index (χ2n) is 12.3. The number of H-pyrrole nitrogens is 1. The van der Waals surface area contributed by atoms with Crippen molar-refractivity contribution in [3.63, 3.8) is 0 Å². The summed E-state index contributed by atoms with van der Waals surface area (Å²) in [7, 11) is 0. The van der Waals surface area contributed by atoms with Gasteiger partial charge in [0.1, 0.15) is 0 Å². The zero-order valence-corrected chi connectivity index (χ0v) is 23.9. The Kier molecular flexibility index (Phi) is 9.97. The van der Waals surface area contributed by atoms with Gasteiger partial charge in [-0.3, -0.25) is 9.69 Å². The highest BCUT2D eigenvalue weighted by molar-refractivity contribution is 5.83. The molecule has 1 amide bonds. The van der Waals surface area contributed by atoms with Crippen LogP contribution in [0, 0.1) is 11.8 Å². The highest BCUT2D eigenvalue weighted by Gasteiger charge is 2.22. The van der Waals surface area contributed by atoms with E-state index in [1.165, 1.54) is 16.5 Å². The molecule has 0 unspecified atom stereocenters. The average Bonchev–Trinajstić information content (AvgIpc) is 3.24. The van der Waals surface area contributed by atoms with Gasteiger partial charge in [-0.1, -0.05) is 90.9 Å². The van der Waals surface area contributed by atoms with E-state index in [1.807, 2.05) is 24.8 Å². The van der Waals surface area contributed by atoms with Crippen LogP contribution in [0.3, 0.4) is 0 Å². The largest absolute Gasteiger partial charge is 0.392 e. The number of aliphatic hydroxyl groups excluding tert-OH is 1. The van der Waals surface area contributed by atoms with Crippen LogP contribution in [0.2, 0.25) is 0 Å². The second-order valence-corrected chi connectivity index (χ2v) is 12.3. The summed E-state index contributed by atoms with van der Waals surface area (Å²) in [6.07, 6.45) is 2.40. The molecule has 3 aromatic rings. The van der Waals surface area contributed by atoms with Crippen LogP contribution in [0.1, 0.15) is 65.2 Å². The van der Waals surface area contributed by atoms with Crippen molar-refractivity contribution in [2.75, 3.05) is 26.2 Å². The third kappa shape index (κ3) is 8.44. The number of fused-ring (bicyclic) bond motifs is 1. The molecule has 0 aliphatic heterocycles. The summed E-state index contributed by atoms with van der Waals surface area (Å²) in [5, 5.41) is 11.8. The maximum absolute atomic E-state index is 13.7. The molecule has 0 aliphatic rings. The smallest absolute Gasteiger partial charge is 0.237 e. The SMILES string of the molecule is CC(C)CN(CC(=O)N(CCc1c[nH]c2ccccc12)Cc1ccc(C(C)(C)C)cc1)C[C@H](O)C(C)C. The molecule has 0 bridgehead atoms. The first-order chi connectivity index (χ1) is 17.4. The van der Waals surface area contributed by atoms with Crippen LogP contribution in [0.4, 0.5) is 0 Å². The summed E-state index contributed by atoms with van der Waals surface area (Å²) in [5.41, 5.74) is 4.87. The number of para-hydroxylation sites is 1. The molecule has 1 aromatic heterocycles. The summed E-state index contributed by atoms with van der Waals surface area (Å²) in [4.78, 5) is 21.2. The van der Waals surface area contributed by atoms with Gasteiger partial charge in [0.25, 0.3) is 0 Å². The third-order valence-corrected chi connectivity index (χ3v) is 7.07. The number of rotatable bonds is 12. The monoisotopic (exact) mass is 505 g/mol. The minimum absolute atomic E-state index is 0.0952. The topological polar surface area (TPSA) is 59.6 Å². The van der Waals surface area contributed by atoms with Crippen molar-refractivity contribution in [1.29, 1.82) is 0 Å². The van der Waals surface area contributed by atoms with Crippen molar-refractivity contribution in [2.45, 2.75) is 73.0 Å². The molecule has 0 spiro atoms. The molecule has 0 saturated carbocycles. The van der Waals surface area contributed by atoms with Crippen LogP contribution in [-0.2, 0) is 23.2 Å². The van der Waals surface area contributed by atoms with Crippen molar-refractivity contribution in [3.05, 3.63) is 71.4 Å². The van der Waals surface area contributed by atoms with Gasteiger partial charge in [-0.25, -0.2) is 0 Å². The number of hydrogen-bond donors (Lipinski definition) is 2. The van der Waals surface area contributed by atoms with Gasteiger partial charge in [-0.2, -0.15) is 0 Å². The third-order valence-electron chi connectivity index (χ3n) is 7.07. The first-order valence-electron chi connectivity index (χ1n) is 13.8. The first-order valence-corrected chi connectivity index (χ1v) is 13.8. The van der Waals surface area contributed by atoms with Crippen LogP contribution in [0.25, 0.3) is 10.9 Å². The lowest BCUT2D eigenvalue weighted by atomic mass is 9.87. The average molecular weight is 506 g/mol. The zero-order chi connectivity index (χ0) is 27.2. The summed E-state index contributed by atoms with van der Waals surface area (Å²) in [5.74, 6) is 0.678. The molecule has 1 atom stereocenters. The number of nitrogens with zero attached hydrogens (tertiary/aromatic N) is 2. The Balaban J connectivity index is 1.79. The Morgan fingerprint density at radius 2 is 1.65 bits per heavy atom. The van der Waals surface area contributed by atoms with Gasteiger partial charge in [0.2, 0.25) is 5.91 Å². The molecule has 0 saturated heterocycles. The number of aromatic nitrogens is 1. The molecule has 5 heteroatoms. The maximum Gasteiger partial charge on any atom is 0.237 e. The molecule has 3 rings (SSSR count). The Bertz CT molecular complexity index is 1120. The number of benzene rings is 2. The predicted molar refractivity (Wildman–Crippen MR) is 155 cm³/mol. The van der Waals surface area contributed by atoms with E-state index in [0.29, 0.717) is 32.1 Å². The number of aromatic amines is 1. The molecule has 2 aromatic carbocycles. The van der Waals surface area contributed by atoms with E-state index in [-0.39, 0.29) is 17.2 Å². The van der Waals surface area contributed by atoms with Crippen molar-refractivity contribution >= 4 is 16.8 Å². The number of carbonyl (C=O) groups excluding carboxylic acids is 1. The van der Waals surface area contributed by atoms with Gasteiger partial charge in [-0.15, -0.1) is 0 Å². The van der Waals surface area contributed by atoms with Gasteiger partial charge in [0.05, 0.1) is 12.6 Å². The minimum Gasteiger partial charge on any atom is -0.392 e. The maximum atomic E-state index is 13.7. The van der Waals surface area contributed by atoms with E-state index < -0.39 is 6.10 Å². The molecular weight excluding hydrogens is 458 g/mol. The Hall–Kier alpha value is -2.63. The Morgan fingerprint density at radius 3 is 2.27 bits per heavy atom. The van der Waals surface area contributed by atoms with Crippen LogP contribution in [0.15, 0.2) is 54.7 Å². The lowest BCUT2D eigenvalue weighted by Gasteiger charge is -2.31. The molecule has 0 radical (unpaired) electrons. The fraction of sp³-hybridized carbons (Fsp3) is 0.531. The van der Waals surface area contributed by atoms with Gasteiger partial charge in [0, 0.05) is 43.3 Å². The van der Waals surface area contributed by atoms with E-state index in [0.717, 1.165) is 24.0 Å². The standard InChI is InChI=1S/C32H47N3O2/c1-23(2)19-34(21-30(36)24(3)4)22-31(37)35(20-25-12-14-27(15-13-25)32(5,6)7)17-16-26-18-33-29-11-9-8-10-28(26)29/h8-15,18,23-24,30,33,36H,16-17,19-22H2,1-7H3/t30-/m0/s1. The van der Waals surface area contributed by atoms with Crippen molar-refractivity contribution in [2.24, 2.45) is 11.8 Å². The highest BCUT2D eigenvalue weighted by Crippen LogP contribution is 2.23. The number of amides is 1. The van der Waals surface area contributed by atoms with Crippen LogP contribution in [0.5, 0.6) is 0 Å². The normalized spacial score (nSPS) is 13.2. The van der Waals surface area contributed by atoms with E-state index in [9.17, 15) is 9.90 Å². The quantitative estimate of drug-likeness (QED) is 0.317. The van der Waals surface area contributed by atoms with Crippen molar-refractivity contribution < 1.29 is 9.90 Å². The predicted octanol–water partition coefficient (Wildman–Crippen LogP) is 6.01. The molecule has 37 heavy (non-hydrogen) atoms. The molecule has 2 N–H and O–H groups in total. The van der Waals surface area contributed by atoms with E-state index >= 15 is 0 Å². The molecular formula is C32H47N3O2. The first kappa shape index (κ1) is 28.9. The van der Waals surface area contributed by atoms with Crippen LogP contribution >= 0.6 is 0 Å². The van der Waals surface area contributed by atoms with Crippen molar-refractivity contribution in [1.82, 2.24) is 14.8 Å². The summed E-state index contributed by atoms with van der Waals surface area (Å²) in [6.45, 7) is 17.8. The second kappa shape index (κ2) is 12.7. The van der Waals surface area contributed by atoms with E-state index in [2.05, 4.69) is 93.2 Å². The molecule has 5 nitrogen and oxygen atoms in total.